The Hall–Kier alpha value is -2.57. The molecule has 1 aliphatic heterocycles. The van der Waals surface area contributed by atoms with Crippen molar-refractivity contribution in [2.24, 2.45) is 5.92 Å². The van der Waals surface area contributed by atoms with Crippen molar-refractivity contribution in [3.63, 3.8) is 0 Å². The SMILES string of the molecule is COc1ccccc1NC(=O)C(=O)N1CCCC(NC(=O)C(C)C)C1. The topological polar surface area (TPSA) is 87.7 Å². The van der Waals surface area contributed by atoms with Crippen LogP contribution in [0.5, 0.6) is 5.75 Å². The van der Waals surface area contributed by atoms with Crippen LogP contribution in [0.4, 0.5) is 5.69 Å². The summed E-state index contributed by atoms with van der Waals surface area (Å²) in [7, 11) is 1.50. The number of hydrogen-bond acceptors (Lipinski definition) is 4. The first-order valence-electron chi connectivity index (χ1n) is 8.46. The molecule has 136 valence electrons. The fourth-order valence-corrected chi connectivity index (χ4v) is 2.71. The van der Waals surface area contributed by atoms with E-state index in [1.807, 2.05) is 13.8 Å². The quantitative estimate of drug-likeness (QED) is 0.806. The second-order valence-corrected chi connectivity index (χ2v) is 6.41. The normalized spacial score (nSPS) is 17.1. The third-order valence-corrected chi connectivity index (χ3v) is 4.13. The zero-order chi connectivity index (χ0) is 18.4. The van der Waals surface area contributed by atoms with Crippen molar-refractivity contribution in [3.8, 4) is 5.75 Å². The van der Waals surface area contributed by atoms with Crippen LogP contribution < -0.4 is 15.4 Å². The first-order valence-corrected chi connectivity index (χ1v) is 8.46. The van der Waals surface area contributed by atoms with Gasteiger partial charge < -0.3 is 20.3 Å². The average Bonchev–Trinajstić information content (AvgIpc) is 2.61. The van der Waals surface area contributed by atoms with Gasteiger partial charge in [-0.1, -0.05) is 26.0 Å². The molecular weight excluding hydrogens is 322 g/mol. The number of anilines is 1. The number of nitrogens with one attached hydrogen (secondary N) is 2. The minimum absolute atomic E-state index is 0.0437. The summed E-state index contributed by atoms with van der Waals surface area (Å²) < 4.78 is 5.17. The molecule has 0 bridgehead atoms. The van der Waals surface area contributed by atoms with E-state index in [2.05, 4.69) is 10.6 Å². The molecule has 2 rings (SSSR count). The number of methoxy groups -OCH3 is 1. The van der Waals surface area contributed by atoms with Crippen molar-refractivity contribution in [3.05, 3.63) is 24.3 Å². The molecule has 1 aromatic rings. The maximum Gasteiger partial charge on any atom is 0.314 e. The molecule has 0 saturated carbocycles. The van der Waals surface area contributed by atoms with Crippen molar-refractivity contribution in [2.75, 3.05) is 25.5 Å². The average molecular weight is 347 g/mol. The third-order valence-electron chi connectivity index (χ3n) is 4.13. The lowest BCUT2D eigenvalue weighted by molar-refractivity contribution is -0.144. The van der Waals surface area contributed by atoms with Crippen molar-refractivity contribution >= 4 is 23.4 Å². The number of amides is 3. The molecule has 1 unspecified atom stereocenters. The smallest absolute Gasteiger partial charge is 0.314 e. The zero-order valence-corrected chi connectivity index (χ0v) is 14.9. The van der Waals surface area contributed by atoms with E-state index in [1.54, 1.807) is 24.3 Å². The Morgan fingerprint density at radius 2 is 1.96 bits per heavy atom. The number of carbonyl (C=O) groups is 3. The second-order valence-electron chi connectivity index (χ2n) is 6.41. The van der Waals surface area contributed by atoms with Crippen LogP contribution in [-0.2, 0) is 14.4 Å². The third kappa shape index (κ3) is 4.95. The highest BCUT2D eigenvalue weighted by Crippen LogP contribution is 2.23. The molecule has 1 heterocycles. The molecule has 0 aromatic heterocycles. The molecule has 7 nitrogen and oxygen atoms in total. The van der Waals surface area contributed by atoms with Crippen LogP contribution >= 0.6 is 0 Å². The van der Waals surface area contributed by atoms with Gasteiger partial charge in [0.25, 0.3) is 0 Å². The number of hydrogen-bond donors (Lipinski definition) is 2. The van der Waals surface area contributed by atoms with Gasteiger partial charge in [-0.25, -0.2) is 0 Å². The number of piperidine rings is 1. The first-order chi connectivity index (χ1) is 11.9. The van der Waals surface area contributed by atoms with Crippen molar-refractivity contribution < 1.29 is 19.1 Å². The van der Waals surface area contributed by atoms with Gasteiger partial charge in [0.15, 0.2) is 0 Å². The molecule has 0 spiro atoms. The van der Waals surface area contributed by atoms with Crippen LogP contribution in [0, 0.1) is 5.92 Å². The van der Waals surface area contributed by atoms with Gasteiger partial charge in [-0.15, -0.1) is 0 Å². The van der Waals surface area contributed by atoms with Gasteiger partial charge in [0, 0.05) is 25.0 Å². The Bertz CT molecular complexity index is 645. The number of likely N-dealkylation sites (tertiary alicyclic amines) is 1. The first kappa shape index (κ1) is 18.8. The number of para-hydroxylation sites is 2. The number of rotatable bonds is 4. The summed E-state index contributed by atoms with van der Waals surface area (Å²) in [4.78, 5) is 38.0. The highest BCUT2D eigenvalue weighted by atomic mass is 16.5. The van der Waals surface area contributed by atoms with Crippen LogP contribution in [0.15, 0.2) is 24.3 Å². The monoisotopic (exact) mass is 347 g/mol. The maximum absolute atomic E-state index is 12.4. The lowest BCUT2D eigenvalue weighted by atomic mass is 10.0. The van der Waals surface area contributed by atoms with E-state index in [1.165, 1.54) is 12.0 Å². The summed E-state index contributed by atoms with van der Waals surface area (Å²) >= 11 is 0. The minimum atomic E-state index is -0.708. The van der Waals surface area contributed by atoms with Crippen molar-refractivity contribution in [1.82, 2.24) is 10.2 Å². The fraction of sp³-hybridized carbons (Fsp3) is 0.500. The molecule has 25 heavy (non-hydrogen) atoms. The summed E-state index contributed by atoms with van der Waals surface area (Å²) in [5, 5.41) is 5.52. The van der Waals surface area contributed by atoms with E-state index in [9.17, 15) is 14.4 Å². The van der Waals surface area contributed by atoms with E-state index < -0.39 is 11.8 Å². The van der Waals surface area contributed by atoms with Gasteiger partial charge in [-0.2, -0.15) is 0 Å². The van der Waals surface area contributed by atoms with Crippen LogP contribution in [0.3, 0.4) is 0 Å². The van der Waals surface area contributed by atoms with Crippen LogP contribution in [0.25, 0.3) is 0 Å². The standard InChI is InChI=1S/C18H25N3O4/c1-12(2)16(22)19-13-7-6-10-21(11-13)18(24)17(23)20-14-8-4-5-9-15(14)25-3/h4-5,8-9,12-13H,6-7,10-11H2,1-3H3,(H,19,22)(H,20,23). The predicted octanol–water partition coefficient (Wildman–Crippen LogP) is 1.40. The Morgan fingerprint density at radius 3 is 2.64 bits per heavy atom. The summed E-state index contributed by atoms with van der Waals surface area (Å²) in [6, 6.07) is 6.79. The van der Waals surface area contributed by atoms with Gasteiger partial charge in [0.2, 0.25) is 5.91 Å². The van der Waals surface area contributed by atoms with E-state index in [0.717, 1.165) is 12.8 Å². The summed E-state index contributed by atoms with van der Waals surface area (Å²) in [5.74, 6) is -0.975. The zero-order valence-electron chi connectivity index (χ0n) is 14.9. The molecule has 1 atom stereocenters. The van der Waals surface area contributed by atoms with E-state index in [4.69, 9.17) is 4.74 Å². The summed E-state index contributed by atoms with van der Waals surface area (Å²) in [5.41, 5.74) is 0.449. The molecule has 1 saturated heterocycles. The van der Waals surface area contributed by atoms with Gasteiger partial charge in [-0.05, 0) is 25.0 Å². The van der Waals surface area contributed by atoms with Crippen LogP contribution in [-0.4, -0.2) is 48.9 Å². The Labute approximate surface area is 147 Å². The number of benzene rings is 1. The predicted molar refractivity (Wildman–Crippen MR) is 94.2 cm³/mol. The highest BCUT2D eigenvalue weighted by molar-refractivity contribution is 6.39. The lowest BCUT2D eigenvalue weighted by Crippen LogP contribution is -2.52. The highest BCUT2D eigenvalue weighted by Gasteiger charge is 2.29. The Kier molecular flexibility index (Phi) is 6.38. The number of carbonyl (C=O) groups excluding carboxylic acids is 3. The Balaban J connectivity index is 1.97. The van der Waals surface area contributed by atoms with Crippen molar-refractivity contribution in [2.45, 2.75) is 32.7 Å². The molecule has 3 amide bonds. The Morgan fingerprint density at radius 1 is 1.24 bits per heavy atom. The van der Waals surface area contributed by atoms with Crippen LogP contribution in [0.1, 0.15) is 26.7 Å². The number of nitrogens with zero attached hydrogens (tertiary/aromatic N) is 1. The van der Waals surface area contributed by atoms with E-state index >= 15 is 0 Å². The van der Waals surface area contributed by atoms with E-state index in [0.29, 0.717) is 24.5 Å². The van der Waals surface area contributed by atoms with Gasteiger partial charge in [0.1, 0.15) is 5.75 Å². The number of ether oxygens (including phenoxy) is 1. The second kappa shape index (κ2) is 8.50. The molecule has 7 heteroatoms. The fourth-order valence-electron chi connectivity index (χ4n) is 2.71. The summed E-state index contributed by atoms with van der Waals surface area (Å²) in [6.07, 6.45) is 1.55. The molecule has 0 aliphatic carbocycles. The van der Waals surface area contributed by atoms with Gasteiger partial charge >= 0.3 is 11.8 Å². The van der Waals surface area contributed by atoms with Gasteiger partial charge in [0.05, 0.1) is 12.8 Å². The largest absolute Gasteiger partial charge is 0.495 e. The van der Waals surface area contributed by atoms with E-state index in [-0.39, 0.29) is 17.9 Å². The van der Waals surface area contributed by atoms with Crippen molar-refractivity contribution in [1.29, 1.82) is 0 Å². The van der Waals surface area contributed by atoms with Gasteiger partial charge in [-0.3, -0.25) is 14.4 Å². The molecule has 1 aromatic carbocycles. The maximum atomic E-state index is 12.4. The molecular formula is C18H25N3O4. The lowest BCUT2D eigenvalue weighted by Gasteiger charge is -2.33. The molecule has 2 N–H and O–H groups in total. The molecule has 0 radical (unpaired) electrons. The molecule has 1 fully saturated rings. The summed E-state index contributed by atoms with van der Waals surface area (Å²) in [6.45, 7) is 4.49. The van der Waals surface area contributed by atoms with Crippen LogP contribution in [0.2, 0.25) is 0 Å². The minimum Gasteiger partial charge on any atom is -0.495 e. The molecule has 1 aliphatic rings.